The number of Topliss-reactive ketones (excluding diaryl/α,β-unsaturated/α-hetero) is 1. The SMILES string of the molecule is CCCN1CC(COc2ccccc2C(=O)CCc2ccccc2)OC1C. The predicted octanol–water partition coefficient (Wildman–Crippen LogP) is 4.34. The van der Waals surface area contributed by atoms with Gasteiger partial charge in [-0.15, -0.1) is 0 Å². The Labute approximate surface area is 162 Å². The fraction of sp³-hybridized carbons (Fsp3) is 0.435. The van der Waals surface area contributed by atoms with Crippen molar-refractivity contribution < 1.29 is 14.3 Å². The van der Waals surface area contributed by atoms with Gasteiger partial charge in [-0.05, 0) is 37.5 Å². The van der Waals surface area contributed by atoms with Crippen LogP contribution in [0.2, 0.25) is 0 Å². The Morgan fingerprint density at radius 2 is 1.89 bits per heavy atom. The molecule has 144 valence electrons. The van der Waals surface area contributed by atoms with Crippen LogP contribution in [0.15, 0.2) is 54.6 Å². The molecule has 0 aromatic heterocycles. The van der Waals surface area contributed by atoms with E-state index in [2.05, 4.69) is 30.9 Å². The maximum absolute atomic E-state index is 12.7. The number of hydrogen-bond donors (Lipinski definition) is 0. The minimum absolute atomic E-state index is 0.0408. The molecule has 27 heavy (non-hydrogen) atoms. The van der Waals surface area contributed by atoms with Crippen molar-refractivity contribution in [2.75, 3.05) is 19.7 Å². The number of ether oxygens (including phenoxy) is 2. The van der Waals surface area contributed by atoms with E-state index in [1.807, 2.05) is 42.5 Å². The van der Waals surface area contributed by atoms with Crippen LogP contribution in [0.5, 0.6) is 5.75 Å². The van der Waals surface area contributed by atoms with Crippen molar-refractivity contribution in [3.05, 3.63) is 65.7 Å². The van der Waals surface area contributed by atoms with Crippen LogP contribution in [0, 0.1) is 0 Å². The molecule has 3 rings (SSSR count). The fourth-order valence-corrected chi connectivity index (χ4v) is 3.51. The minimum Gasteiger partial charge on any atom is -0.490 e. The Morgan fingerprint density at radius 1 is 1.15 bits per heavy atom. The van der Waals surface area contributed by atoms with Gasteiger partial charge in [-0.25, -0.2) is 0 Å². The number of hydrogen-bond acceptors (Lipinski definition) is 4. The van der Waals surface area contributed by atoms with E-state index >= 15 is 0 Å². The number of carbonyl (C=O) groups excluding carboxylic acids is 1. The number of nitrogens with zero attached hydrogens (tertiary/aromatic N) is 1. The molecule has 0 saturated carbocycles. The molecule has 1 fully saturated rings. The van der Waals surface area contributed by atoms with E-state index < -0.39 is 0 Å². The Balaban J connectivity index is 1.56. The Kier molecular flexibility index (Phi) is 7.02. The highest BCUT2D eigenvalue weighted by Gasteiger charge is 2.29. The van der Waals surface area contributed by atoms with Crippen LogP contribution in [0.4, 0.5) is 0 Å². The monoisotopic (exact) mass is 367 g/mol. The topological polar surface area (TPSA) is 38.8 Å². The fourth-order valence-electron chi connectivity index (χ4n) is 3.51. The summed E-state index contributed by atoms with van der Waals surface area (Å²) in [5.74, 6) is 0.767. The van der Waals surface area contributed by atoms with Crippen molar-refractivity contribution in [1.82, 2.24) is 4.90 Å². The molecule has 0 bridgehead atoms. The van der Waals surface area contributed by atoms with E-state index in [1.165, 1.54) is 5.56 Å². The molecule has 2 aromatic carbocycles. The zero-order valence-electron chi connectivity index (χ0n) is 16.3. The van der Waals surface area contributed by atoms with Crippen LogP contribution in [-0.4, -0.2) is 42.7 Å². The molecular formula is C23H29NO3. The molecule has 2 unspecified atom stereocenters. The van der Waals surface area contributed by atoms with Gasteiger partial charge in [0.15, 0.2) is 5.78 Å². The highest BCUT2D eigenvalue weighted by molar-refractivity contribution is 5.98. The highest BCUT2D eigenvalue weighted by atomic mass is 16.6. The third-order valence-electron chi connectivity index (χ3n) is 4.95. The summed E-state index contributed by atoms with van der Waals surface area (Å²) in [6.45, 7) is 6.63. The normalized spacial score (nSPS) is 19.9. The molecular weight excluding hydrogens is 338 g/mol. The number of ketones is 1. The van der Waals surface area contributed by atoms with E-state index in [-0.39, 0.29) is 18.1 Å². The predicted molar refractivity (Wildman–Crippen MR) is 107 cm³/mol. The molecule has 4 heteroatoms. The quantitative estimate of drug-likeness (QED) is 0.618. The molecule has 4 nitrogen and oxygen atoms in total. The van der Waals surface area contributed by atoms with Gasteiger partial charge >= 0.3 is 0 Å². The van der Waals surface area contributed by atoms with E-state index in [1.54, 1.807) is 0 Å². The van der Waals surface area contributed by atoms with Gasteiger partial charge in [0, 0.05) is 19.5 Å². The van der Waals surface area contributed by atoms with Crippen LogP contribution in [-0.2, 0) is 11.2 Å². The summed E-state index contributed by atoms with van der Waals surface area (Å²) >= 11 is 0. The first kappa shape index (κ1) is 19.6. The molecule has 1 aliphatic rings. The third kappa shape index (κ3) is 5.41. The lowest BCUT2D eigenvalue weighted by atomic mass is 10.0. The molecule has 1 heterocycles. The van der Waals surface area contributed by atoms with Crippen molar-refractivity contribution in [2.24, 2.45) is 0 Å². The summed E-state index contributed by atoms with van der Waals surface area (Å²) < 4.78 is 12.0. The van der Waals surface area contributed by atoms with Crippen molar-refractivity contribution in [3.8, 4) is 5.75 Å². The summed E-state index contributed by atoms with van der Waals surface area (Å²) in [6.07, 6.45) is 2.50. The van der Waals surface area contributed by atoms with Crippen molar-refractivity contribution in [1.29, 1.82) is 0 Å². The average Bonchev–Trinajstić information content (AvgIpc) is 3.05. The maximum atomic E-state index is 12.7. The number of para-hydroxylation sites is 1. The summed E-state index contributed by atoms with van der Waals surface area (Å²) in [5.41, 5.74) is 1.83. The number of aryl methyl sites for hydroxylation is 1. The van der Waals surface area contributed by atoms with Gasteiger partial charge in [0.05, 0.1) is 5.56 Å². The van der Waals surface area contributed by atoms with Gasteiger partial charge < -0.3 is 9.47 Å². The number of rotatable bonds is 9. The Hall–Kier alpha value is -2.17. The third-order valence-corrected chi connectivity index (χ3v) is 4.95. The maximum Gasteiger partial charge on any atom is 0.166 e. The second kappa shape index (κ2) is 9.67. The molecule has 2 atom stereocenters. The first-order chi connectivity index (χ1) is 13.2. The highest BCUT2D eigenvalue weighted by Crippen LogP contribution is 2.23. The smallest absolute Gasteiger partial charge is 0.166 e. The first-order valence-electron chi connectivity index (χ1n) is 9.86. The van der Waals surface area contributed by atoms with Gasteiger partial charge in [-0.2, -0.15) is 0 Å². The Morgan fingerprint density at radius 3 is 2.67 bits per heavy atom. The van der Waals surface area contributed by atoms with E-state index in [0.29, 0.717) is 24.3 Å². The van der Waals surface area contributed by atoms with Crippen molar-refractivity contribution >= 4 is 5.78 Å². The zero-order chi connectivity index (χ0) is 19.1. The van der Waals surface area contributed by atoms with Crippen LogP contribution in [0.1, 0.15) is 42.6 Å². The van der Waals surface area contributed by atoms with Gasteiger partial charge in [-0.1, -0.05) is 49.4 Å². The minimum atomic E-state index is 0.0408. The van der Waals surface area contributed by atoms with Crippen molar-refractivity contribution in [3.63, 3.8) is 0 Å². The average molecular weight is 367 g/mol. The largest absolute Gasteiger partial charge is 0.490 e. The molecule has 0 N–H and O–H groups in total. The second-order valence-electron chi connectivity index (χ2n) is 7.07. The number of carbonyl (C=O) groups is 1. The Bertz CT molecular complexity index is 731. The van der Waals surface area contributed by atoms with Gasteiger partial charge in [0.25, 0.3) is 0 Å². The summed E-state index contributed by atoms with van der Waals surface area (Å²) in [7, 11) is 0. The van der Waals surface area contributed by atoms with E-state index in [4.69, 9.17) is 9.47 Å². The molecule has 1 saturated heterocycles. The zero-order valence-corrected chi connectivity index (χ0v) is 16.3. The lowest BCUT2D eigenvalue weighted by Crippen LogP contribution is -2.29. The molecule has 2 aromatic rings. The first-order valence-corrected chi connectivity index (χ1v) is 9.86. The van der Waals surface area contributed by atoms with Crippen LogP contribution in [0.3, 0.4) is 0 Å². The molecule has 0 aliphatic carbocycles. The number of benzene rings is 2. The second-order valence-corrected chi connectivity index (χ2v) is 7.07. The van der Waals surface area contributed by atoms with Crippen LogP contribution >= 0.6 is 0 Å². The van der Waals surface area contributed by atoms with Gasteiger partial charge in [0.2, 0.25) is 0 Å². The van der Waals surface area contributed by atoms with E-state index in [0.717, 1.165) is 25.9 Å². The van der Waals surface area contributed by atoms with Crippen LogP contribution in [0.25, 0.3) is 0 Å². The standard InChI is InChI=1S/C23H29NO3/c1-3-15-24-16-20(27-18(24)2)17-26-23-12-8-7-11-21(23)22(25)14-13-19-9-5-4-6-10-19/h4-12,18,20H,3,13-17H2,1-2H3. The van der Waals surface area contributed by atoms with Gasteiger partial charge in [0.1, 0.15) is 24.7 Å². The lowest BCUT2D eigenvalue weighted by molar-refractivity contribution is -0.00228. The van der Waals surface area contributed by atoms with Crippen LogP contribution < -0.4 is 4.74 Å². The van der Waals surface area contributed by atoms with Gasteiger partial charge in [-0.3, -0.25) is 9.69 Å². The lowest BCUT2D eigenvalue weighted by Gasteiger charge is -2.17. The molecule has 0 radical (unpaired) electrons. The molecule has 0 amide bonds. The molecule has 1 aliphatic heterocycles. The molecule has 0 spiro atoms. The van der Waals surface area contributed by atoms with Crippen molar-refractivity contribution in [2.45, 2.75) is 45.4 Å². The summed E-state index contributed by atoms with van der Waals surface area (Å²) in [5, 5.41) is 0. The summed E-state index contributed by atoms with van der Waals surface area (Å²) in [6, 6.07) is 17.6. The summed E-state index contributed by atoms with van der Waals surface area (Å²) in [4.78, 5) is 15.0. The van der Waals surface area contributed by atoms with E-state index in [9.17, 15) is 4.79 Å².